The summed E-state index contributed by atoms with van der Waals surface area (Å²) >= 11 is 0. The van der Waals surface area contributed by atoms with Crippen LogP contribution >= 0.6 is 0 Å². The molecule has 1 aliphatic carbocycles. The predicted molar refractivity (Wildman–Crippen MR) is 43.6 cm³/mol. The summed E-state index contributed by atoms with van der Waals surface area (Å²) in [5.41, 5.74) is 5.91. The molecule has 62 valence electrons. The van der Waals surface area contributed by atoms with Crippen molar-refractivity contribution in [1.82, 2.24) is 0 Å². The molecule has 2 nitrogen and oxygen atoms in total. The van der Waals surface area contributed by atoms with Crippen LogP contribution in [0.1, 0.15) is 33.6 Å². The Labute approximate surface area is 67.5 Å². The summed E-state index contributed by atoms with van der Waals surface area (Å²) in [6, 6.07) is 0. The number of rotatable bonds is 0. The van der Waals surface area contributed by atoms with Crippen molar-refractivity contribution in [3.8, 4) is 0 Å². The standard InChI is InChI=1S/C9H15NO/c1-6-7(10)4-9(2,3)5-8(6)11/h4-5,10H2,1-3H3/p+1. The minimum atomic E-state index is 0.133. The lowest BCUT2D eigenvalue weighted by molar-refractivity contribution is -0.312. The van der Waals surface area contributed by atoms with E-state index in [1.54, 1.807) is 0 Å². The van der Waals surface area contributed by atoms with Crippen molar-refractivity contribution in [2.24, 2.45) is 5.41 Å². The van der Waals surface area contributed by atoms with E-state index in [9.17, 15) is 4.79 Å². The number of carbonyl (C=O) groups excluding carboxylic acids is 1. The maximum Gasteiger partial charge on any atom is 0.164 e. The summed E-state index contributed by atoms with van der Waals surface area (Å²) in [4.78, 5) is 11.3. The molecule has 0 aromatic heterocycles. The Morgan fingerprint density at radius 2 is 1.91 bits per heavy atom. The van der Waals surface area contributed by atoms with Gasteiger partial charge in [-0.05, 0) is 12.3 Å². The Balaban J connectivity index is 2.94. The Hall–Kier alpha value is -0.630. The summed E-state index contributed by atoms with van der Waals surface area (Å²) < 4.78 is 0. The SMILES string of the molecule is CC1=C([NH3+])CC(C)(C)CC1=O. The van der Waals surface area contributed by atoms with Gasteiger partial charge in [0.15, 0.2) is 5.78 Å². The third kappa shape index (κ3) is 1.69. The molecule has 0 saturated carbocycles. The number of hydrogen-bond donors (Lipinski definition) is 1. The average molecular weight is 154 g/mol. The maximum absolute atomic E-state index is 11.3. The Morgan fingerprint density at radius 1 is 1.36 bits per heavy atom. The van der Waals surface area contributed by atoms with Crippen LogP contribution in [0.2, 0.25) is 0 Å². The molecule has 0 amide bonds. The van der Waals surface area contributed by atoms with Gasteiger partial charge in [-0.1, -0.05) is 13.8 Å². The molecule has 0 radical (unpaired) electrons. The van der Waals surface area contributed by atoms with E-state index in [1.807, 2.05) is 6.92 Å². The van der Waals surface area contributed by atoms with E-state index in [4.69, 9.17) is 0 Å². The minimum Gasteiger partial charge on any atom is -0.328 e. The van der Waals surface area contributed by atoms with Crippen LogP contribution in [0.3, 0.4) is 0 Å². The number of hydrogen-bond acceptors (Lipinski definition) is 1. The maximum atomic E-state index is 11.3. The highest BCUT2D eigenvalue weighted by atomic mass is 16.1. The molecule has 1 rings (SSSR count). The quantitative estimate of drug-likeness (QED) is 0.553. The Bertz CT molecular complexity index is 226. The highest BCUT2D eigenvalue weighted by molar-refractivity contribution is 5.96. The zero-order valence-electron chi connectivity index (χ0n) is 7.53. The zero-order chi connectivity index (χ0) is 8.65. The van der Waals surface area contributed by atoms with Crippen molar-refractivity contribution in [2.75, 3.05) is 0 Å². The van der Waals surface area contributed by atoms with E-state index in [0.29, 0.717) is 6.42 Å². The second-order valence-electron chi connectivity index (χ2n) is 4.17. The van der Waals surface area contributed by atoms with Crippen molar-refractivity contribution < 1.29 is 10.5 Å². The number of Topliss-reactive ketones (excluding diaryl/α,β-unsaturated/α-hetero) is 1. The van der Waals surface area contributed by atoms with E-state index in [-0.39, 0.29) is 11.2 Å². The first-order valence-electron chi connectivity index (χ1n) is 3.97. The number of ketones is 1. The molecule has 1 aliphatic rings. The van der Waals surface area contributed by atoms with Crippen LogP contribution in [0, 0.1) is 5.41 Å². The molecule has 0 aliphatic heterocycles. The Morgan fingerprint density at radius 3 is 2.36 bits per heavy atom. The van der Waals surface area contributed by atoms with Gasteiger partial charge in [0, 0.05) is 18.4 Å². The lowest BCUT2D eigenvalue weighted by atomic mass is 9.76. The molecule has 2 heteroatoms. The second-order valence-corrected chi connectivity index (χ2v) is 4.17. The molecule has 0 aromatic carbocycles. The van der Waals surface area contributed by atoms with Gasteiger partial charge in [-0.3, -0.25) is 4.79 Å². The first kappa shape index (κ1) is 8.47. The fourth-order valence-corrected chi connectivity index (χ4v) is 1.54. The average Bonchev–Trinajstić information content (AvgIpc) is 1.81. The molecule has 0 saturated heterocycles. The fourth-order valence-electron chi connectivity index (χ4n) is 1.54. The van der Waals surface area contributed by atoms with Crippen LogP contribution in [-0.4, -0.2) is 5.78 Å². The van der Waals surface area contributed by atoms with Gasteiger partial charge in [0.1, 0.15) is 5.70 Å². The summed E-state index contributed by atoms with van der Waals surface area (Å²) in [6.45, 7) is 6.10. The summed E-state index contributed by atoms with van der Waals surface area (Å²) in [5, 5.41) is 0. The molecule has 0 aromatic rings. The molecule has 0 bridgehead atoms. The third-order valence-corrected chi connectivity index (χ3v) is 2.28. The van der Waals surface area contributed by atoms with E-state index in [2.05, 4.69) is 19.6 Å². The van der Waals surface area contributed by atoms with Gasteiger partial charge in [-0.25, -0.2) is 0 Å². The van der Waals surface area contributed by atoms with Gasteiger partial charge in [-0.2, -0.15) is 0 Å². The van der Waals surface area contributed by atoms with E-state index < -0.39 is 0 Å². The summed E-state index contributed by atoms with van der Waals surface area (Å²) in [6.07, 6.45) is 1.64. The number of carbonyl (C=O) groups is 1. The van der Waals surface area contributed by atoms with E-state index in [0.717, 1.165) is 17.7 Å². The molecule has 3 N–H and O–H groups in total. The van der Waals surface area contributed by atoms with Crippen LogP contribution in [0.4, 0.5) is 0 Å². The van der Waals surface area contributed by atoms with Crippen molar-refractivity contribution in [1.29, 1.82) is 0 Å². The van der Waals surface area contributed by atoms with Gasteiger partial charge >= 0.3 is 0 Å². The lowest BCUT2D eigenvalue weighted by Crippen LogP contribution is -2.52. The largest absolute Gasteiger partial charge is 0.328 e. The molecule has 0 atom stereocenters. The molecule has 0 heterocycles. The lowest BCUT2D eigenvalue weighted by Gasteiger charge is -2.27. The molecule has 0 fully saturated rings. The van der Waals surface area contributed by atoms with Gasteiger partial charge in [0.25, 0.3) is 0 Å². The van der Waals surface area contributed by atoms with Gasteiger partial charge in [0.2, 0.25) is 0 Å². The van der Waals surface area contributed by atoms with Crippen molar-refractivity contribution in [2.45, 2.75) is 33.6 Å². The normalized spacial score (nSPS) is 24.2. The first-order chi connectivity index (χ1) is 4.92. The van der Waals surface area contributed by atoms with Crippen LogP contribution in [-0.2, 0) is 4.79 Å². The predicted octanol–water partition coefficient (Wildman–Crippen LogP) is 0.891. The highest BCUT2D eigenvalue weighted by Crippen LogP contribution is 2.33. The fraction of sp³-hybridized carbons (Fsp3) is 0.667. The second kappa shape index (κ2) is 2.45. The Kier molecular flexibility index (Phi) is 1.89. The van der Waals surface area contributed by atoms with Gasteiger partial charge < -0.3 is 5.73 Å². The van der Waals surface area contributed by atoms with Crippen LogP contribution in [0.5, 0.6) is 0 Å². The monoisotopic (exact) mass is 154 g/mol. The third-order valence-electron chi connectivity index (χ3n) is 2.28. The smallest absolute Gasteiger partial charge is 0.164 e. The molecule has 0 spiro atoms. The molecule has 11 heavy (non-hydrogen) atoms. The van der Waals surface area contributed by atoms with Crippen LogP contribution in [0.15, 0.2) is 11.3 Å². The van der Waals surface area contributed by atoms with Gasteiger partial charge in [-0.15, -0.1) is 0 Å². The van der Waals surface area contributed by atoms with Crippen molar-refractivity contribution in [3.05, 3.63) is 11.3 Å². The van der Waals surface area contributed by atoms with Crippen molar-refractivity contribution >= 4 is 5.78 Å². The summed E-state index contributed by atoms with van der Waals surface area (Å²) in [7, 11) is 0. The van der Waals surface area contributed by atoms with E-state index in [1.165, 1.54) is 0 Å². The minimum absolute atomic E-state index is 0.133. The summed E-state index contributed by atoms with van der Waals surface area (Å²) in [5.74, 6) is 0.270. The van der Waals surface area contributed by atoms with Gasteiger partial charge in [0.05, 0.1) is 0 Å². The highest BCUT2D eigenvalue weighted by Gasteiger charge is 2.31. The van der Waals surface area contributed by atoms with Crippen LogP contribution in [0.25, 0.3) is 0 Å². The number of quaternary nitrogens is 1. The van der Waals surface area contributed by atoms with Crippen LogP contribution < -0.4 is 5.73 Å². The van der Waals surface area contributed by atoms with E-state index >= 15 is 0 Å². The number of allylic oxidation sites excluding steroid dienone is 2. The van der Waals surface area contributed by atoms with Crippen molar-refractivity contribution in [3.63, 3.8) is 0 Å². The zero-order valence-corrected chi connectivity index (χ0v) is 7.53. The topological polar surface area (TPSA) is 44.7 Å². The molecule has 0 unspecified atom stereocenters. The molecular formula is C9H16NO+. The first-order valence-corrected chi connectivity index (χ1v) is 3.97. The molecular weight excluding hydrogens is 138 g/mol.